The minimum atomic E-state index is -0.946. The number of carbonyl (C=O) groups excluding carboxylic acids is 3. The summed E-state index contributed by atoms with van der Waals surface area (Å²) in [7, 11) is 0. The molecule has 1 heterocycles. The Morgan fingerprint density at radius 2 is 1.59 bits per heavy atom. The lowest BCUT2D eigenvalue weighted by atomic mass is 10.1. The Bertz CT molecular complexity index is 865. The lowest BCUT2D eigenvalue weighted by Gasteiger charge is -2.18. The quantitative estimate of drug-likeness (QED) is 0.553. The van der Waals surface area contributed by atoms with Crippen LogP contribution in [0.4, 0.5) is 5.69 Å². The van der Waals surface area contributed by atoms with Crippen LogP contribution in [0.25, 0.3) is 0 Å². The highest BCUT2D eigenvalue weighted by Crippen LogP contribution is 2.27. The molecule has 2 atom stereocenters. The Morgan fingerprint density at radius 1 is 1.04 bits per heavy atom. The summed E-state index contributed by atoms with van der Waals surface area (Å²) >= 11 is 11.7. The fourth-order valence-electron chi connectivity index (χ4n) is 2.91. The molecule has 0 aromatic heterocycles. The number of Topliss-reactive ketones (excluding diaryl/α,β-unsaturated/α-hetero) is 1. The first kappa shape index (κ1) is 19.4. The zero-order chi connectivity index (χ0) is 19.6. The SMILES string of the molecule is C[C@@H](OC(=O)[C@H]1CC(=O)N(c2ccc(Cl)cc2)C1)C(=O)c1ccc(Cl)cc1. The van der Waals surface area contributed by atoms with E-state index in [4.69, 9.17) is 27.9 Å². The third kappa shape index (κ3) is 4.49. The van der Waals surface area contributed by atoms with Crippen LogP contribution in [0.3, 0.4) is 0 Å². The number of amides is 1. The average molecular weight is 406 g/mol. The predicted octanol–water partition coefficient (Wildman–Crippen LogP) is 4.16. The van der Waals surface area contributed by atoms with Gasteiger partial charge < -0.3 is 9.64 Å². The number of carbonyl (C=O) groups is 3. The van der Waals surface area contributed by atoms with E-state index in [1.54, 1.807) is 48.5 Å². The molecule has 1 amide bonds. The van der Waals surface area contributed by atoms with Gasteiger partial charge in [0.15, 0.2) is 6.10 Å². The number of hydrogen-bond acceptors (Lipinski definition) is 4. The molecular weight excluding hydrogens is 389 g/mol. The maximum absolute atomic E-state index is 12.4. The van der Waals surface area contributed by atoms with E-state index in [1.807, 2.05) is 0 Å². The molecule has 0 spiro atoms. The molecule has 1 aliphatic rings. The van der Waals surface area contributed by atoms with Crippen molar-refractivity contribution >= 4 is 46.5 Å². The first-order valence-electron chi connectivity index (χ1n) is 8.41. The van der Waals surface area contributed by atoms with Gasteiger partial charge in [0.1, 0.15) is 0 Å². The van der Waals surface area contributed by atoms with Crippen molar-refractivity contribution in [1.82, 2.24) is 0 Å². The molecule has 5 nitrogen and oxygen atoms in total. The number of rotatable bonds is 5. The molecule has 0 bridgehead atoms. The molecule has 1 fully saturated rings. The van der Waals surface area contributed by atoms with Gasteiger partial charge in [0, 0.05) is 34.3 Å². The van der Waals surface area contributed by atoms with Gasteiger partial charge in [-0.05, 0) is 55.5 Å². The van der Waals surface area contributed by atoms with Crippen molar-refractivity contribution in [3.05, 3.63) is 64.1 Å². The number of anilines is 1. The lowest BCUT2D eigenvalue weighted by Crippen LogP contribution is -2.30. The maximum atomic E-state index is 12.4. The van der Waals surface area contributed by atoms with Gasteiger partial charge in [0.2, 0.25) is 11.7 Å². The second-order valence-electron chi connectivity index (χ2n) is 6.33. The normalized spacial score (nSPS) is 17.7. The van der Waals surface area contributed by atoms with Crippen LogP contribution in [-0.4, -0.2) is 30.3 Å². The molecule has 3 rings (SSSR count). The van der Waals surface area contributed by atoms with Gasteiger partial charge in [-0.15, -0.1) is 0 Å². The Morgan fingerprint density at radius 3 is 2.19 bits per heavy atom. The molecule has 0 radical (unpaired) electrons. The molecule has 0 aliphatic carbocycles. The van der Waals surface area contributed by atoms with Crippen molar-refractivity contribution in [3.8, 4) is 0 Å². The standard InChI is InChI=1S/C20H17Cl2NO4/c1-12(19(25)13-2-4-15(21)5-3-13)27-20(26)14-10-18(24)23(11-14)17-8-6-16(22)7-9-17/h2-9,12,14H,10-11H2,1H3/t12-,14+/m1/s1. The van der Waals surface area contributed by atoms with E-state index < -0.39 is 18.0 Å². The molecule has 0 unspecified atom stereocenters. The van der Waals surface area contributed by atoms with Gasteiger partial charge in [0.25, 0.3) is 0 Å². The van der Waals surface area contributed by atoms with Gasteiger partial charge in [-0.1, -0.05) is 23.2 Å². The van der Waals surface area contributed by atoms with Crippen LogP contribution in [0.5, 0.6) is 0 Å². The van der Waals surface area contributed by atoms with Crippen LogP contribution in [0, 0.1) is 5.92 Å². The molecule has 0 N–H and O–H groups in total. The molecule has 1 aliphatic heterocycles. The van der Waals surface area contributed by atoms with Crippen LogP contribution in [-0.2, 0) is 14.3 Å². The zero-order valence-corrected chi connectivity index (χ0v) is 16.0. The highest BCUT2D eigenvalue weighted by molar-refractivity contribution is 6.31. The minimum Gasteiger partial charge on any atom is -0.454 e. The van der Waals surface area contributed by atoms with E-state index in [2.05, 4.69) is 0 Å². The Balaban J connectivity index is 1.62. The zero-order valence-electron chi connectivity index (χ0n) is 14.5. The smallest absolute Gasteiger partial charge is 0.312 e. The molecule has 7 heteroatoms. The molecule has 1 saturated heterocycles. The number of ketones is 1. The van der Waals surface area contributed by atoms with E-state index in [0.29, 0.717) is 21.3 Å². The minimum absolute atomic E-state index is 0.0450. The summed E-state index contributed by atoms with van der Waals surface area (Å²) in [6, 6.07) is 13.2. The first-order valence-corrected chi connectivity index (χ1v) is 9.17. The van der Waals surface area contributed by atoms with E-state index in [0.717, 1.165) is 0 Å². The topological polar surface area (TPSA) is 63.7 Å². The Hall–Kier alpha value is -2.37. The Labute approximate surface area is 166 Å². The Kier molecular flexibility index (Phi) is 5.82. The number of ether oxygens (including phenoxy) is 1. The third-order valence-corrected chi connectivity index (χ3v) is 4.89. The van der Waals surface area contributed by atoms with Gasteiger partial charge in [-0.25, -0.2) is 0 Å². The fourth-order valence-corrected chi connectivity index (χ4v) is 3.16. The number of nitrogens with zero attached hydrogens (tertiary/aromatic N) is 1. The highest BCUT2D eigenvalue weighted by atomic mass is 35.5. The van der Waals surface area contributed by atoms with Gasteiger partial charge in [-0.3, -0.25) is 14.4 Å². The second kappa shape index (κ2) is 8.11. The molecule has 140 valence electrons. The van der Waals surface area contributed by atoms with Gasteiger partial charge >= 0.3 is 5.97 Å². The van der Waals surface area contributed by atoms with Gasteiger partial charge in [-0.2, -0.15) is 0 Å². The first-order chi connectivity index (χ1) is 12.8. The summed E-state index contributed by atoms with van der Waals surface area (Å²) in [5.41, 5.74) is 1.08. The van der Waals surface area contributed by atoms with Crippen molar-refractivity contribution in [2.45, 2.75) is 19.4 Å². The van der Waals surface area contributed by atoms with E-state index in [1.165, 1.54) is 11.8 Å². The summed E-state index contributed by atoms with van der Waals surface area (Å²) in [6.07, 6.45) is -0.901. The van der Waals surface area contributed by atoms with Crippen LogP contribution < -0.4 is 4.90 Å². The number of benzene rings is 2. The molecule has 0 saturated carbocycles. The molecule has 2 aromatic rings. The predicted molar refractivity (Wildman–Crippen MR) is 103 cm³/mol. The van der Waals surface area contributed by atoms with Crippen molar-refractivity contribution in [2.75, 3.05) is 11.4 Å². The largest absolute Gasteiger partial charge is 0.454 e. The number of hydrogen-bond donors (Lipinski definition) is 0. The third-order valence-electron chi connectivity index (χ3n) is 4.39. The fraction of sp³-hybridized carbons (Fsp3) is 0.250. The van der Waals surface area contributed by atoms with E-state index >= 15 is 0 Å². The van der Waals surface area contributed by atoms with Crippen LogP contribution in [0.15, 0.2) is 48.5 Å². The second-order valence-corrected chi connectivity index (χ2v) is 7.20. The maximum Gasteiger partial charge on any atom is 0.312 e. The summed E-state index contributed by atoms with van der Waals surface area (Å²) < 4.78 is 5.31. The summed E-state index contributed by atoms with van der Waals surface area (Å²) in [6.45, 7) is 1.73. The summed E-state index contributed by atoms with van der Waals surface area (Å²) in [5.74, 6) is -1.67. The van der Waals surface area contributed by atoms with Crippen molar-refractivity contribution in [2.24, 2.45) is 5.92 Å². The highest BCUT2D eigenvalue weighted by Gasteiger charge is 2.37. The van der Waals surface area contributed by atoms with Gasteiger partial charge in [0.05, 0.1) is 5.92 Å². The molecular formula is C20H17Cl2NO4. The average Bonchev–Trinajstić information content (AvgIpc) is 3.04. The monoisotopic (exact) mass is 405 g/mol. The van der Waals surface area contributed by atoms with Crippen LogP contribution >= 0.6 is 23.2 Å². The van der Waals surface area contributed by atoms with Crippen LogP contribution in [0.2, 0.25) is 10.0 Å². The van der Waals surface area contributed by atoms with Crippen molar-refractivity contribution < 1.29 is 19.1 Å². The van der Waals surface area contributed by atoms with Crippen molar-refractivity contribution in [1.29, 1.82) is 0 Å². The van der Waals surface area contributed by atoms with Crippen LogP contribution in [0.1, 0.15) is 23.7 Å². The molecule has 2 aromatic carbocycles. The molecule has 27 heavy (non-hydrogen) atoms. The summed E-state index contributed by atoms with van der Waals surface area (Å²) in [4.78, 5) is 38.6. The number of esters is 1. The number of halogens is 2. The van der Waals surface area contributed by atoms with Crippen molar-refractivity contribution in [3.63, 3.8) is 0 Å². The summed E-state index contributed by atoms with van der Waals surface area (Å²) in [5, 5.41) is 1.08. The van der Waals surface area contributed by atoms with E-state index in [9.17, 15) is 14.4 Å². The van der Waals surface area contributed by atoms with E-state index in [-0.39, 0.29) is 24.7 Å². The lowest BCUT2D eigenvalue weighted by molar-refractivity contribution is -0.151.